The van der Waals surface area contributed by atoms with Gasteiger partial charge in [0.05, 0.1) is 10.2 Å². The minimum Gasteiger partial charge on any atom is -0.315 e. The molecule has 1 amide bonds. The molecule has 0 radical (unpaired) electrons. The fourth-order valence-electron chi connectivity index (χ4n) is 4.69. The molecule has 0 spiro atoms. The number of rotatable bonds is 2. The second-order valence-corrected chi connectivity index (χ2v) is 8.74. The van der Waals surface area contributed by atoms with E-state index in [1.54, 1.807) is 11.3 Å². The van der Waals surface area contributed by atoms with Gasteiger partial charge in [-0.05, 0) is 30.3 Å². The van der Waals surface area contributed by atoms with Crippen molar-refractivity contribution in [1.82, 2.24) is 9.88 Å². The molecule has 2 aliphatic rings. The second kappa shape index (κ2) is 6.05. The van der Waals surface area contributed by atoms with Crippen LogP contribution in [0.15, 0.2) is 72.8 Å². The number of hydrogen-bond acceptors (Lipinski definition) is 4. The highest BCUT2D eigenvalue weighted by Gasteiger charge is 2.58. The molecule has 3 aromatic carbocycles. The largest absolute Gasteiger partial charge is 0.315 e. The normalized spacial score (nSPS) is 20.4. The van der Waals surface area contributed by atoms with Crippen LogP contribution in [-0.2, 0) is 5.66 Å². The highest BCUT2D eigenvalue weighted by atomic mass is 35.5. The first-order chi connectivity index (χ1) is 14.2. The number of nitrogens with zero attached hydrogens (tertiary/aromatic N) is 3. The lowest BCUT2D eigenvalue weighted by molar-refractivity contribution is 0.0713. The van der Waals surface area contributed by atoms with E-state index in [0.29, 0.717) is 11.6 Å². The Morgan fingerprint density at radius 2 is 1.62 bits per heavy atom. The highest BCUT2D eigenvalue weighted by molar-refractivity contribution is 7.22. The molecule has 0 bridgehead atoms. The van der Waals surface area contributed by atoms with Gasteiger partial charge in [0.1, 0.15) is 0 Å². The zero-order chi connectivity index (χ0) is 19.6. The molecule has 142 valence electrons. The van der Waals surface area contributed by atoms with Crippen LogP contribution in [0.5, 0.6) is 0 Å². The van der Waals surface area contributed by atoms with Crippen LogP contribution in [0.1, 0.15) is 21.5 Å². The molecular weight excluding hydrogens is 402 g/mol. The summed E-state index contributed by atoms with van der Waals surface area (Å²) in [6, 6.07) is 23.9. The van der Waals surface area contributed by atoms with Crippen molar-refractivity contribution in [2.45, 2.75) is 5.66 Å². The van der Waals surface area contributed by atoms with Crippen LogP contribution in [0.25, 0.3) is 10.2 Å². The summed E-state index contributed by atoms with van der Waals surface area (Å²) in [5, 5.41) is 1.60. The summed E-state index contributed by atoms with van der Waals surface area (Å²) in [6.45, 7) is 1.37. The predicted molar refractivity (Wildman–Crippen MR) is 117 cm³/mol. The van der Waals surface area contributed by atoms with Crippen molar-refractivity contribution in [3.05, 3.63) is 94.5 Å². The molecule has 6 heteroatoms. The topological polar surface area (TPSA) is 36.4 Å². The zero-order valence-corrected chi connectivity index (χ0v) is 17.0. The molecular formula is C23H16ClN3OS. The van der Waals surface area contributed by atoms with E-state index in [4.69, 9.17) is 16.6 Å². The first-order valence-corrected chi connectivity index (χ1v) is 10.7. The van der Waals surface area contributed by atoms with Crippen LogP contribution < -0.4 is 4.90 Å². The number of aromatic nitrogens is 1. The van der Waals surface area contributed by atoms with E-state index in [1.165, 1.54) is 0 Å². The Kier molecular flexibility index (Phi) is 3.55. The van der Waals surface area contributed by atoms with Crippen molar-refractivity contribution in [1.29, 1.82) is 0 Å². The second-order valence-electron chi connectivity index (χ2n) is 7.30. The maximum Gasteiger partial charge on any atom is 0.256 e. The van der Waals surface area contributed by atoms with Crippen LogP contribution in [0.2, 0.25) is 5.02 Å². The number of carbonyl (C=O) groups excluding carboxylic acids is 1. The van der Waals surface area contributed by atoms with Gasteiger partial charge in [-0.1, -0.05) is 65.4 Å². The molecule has 0 aliphatic carbocycles. The number of fused-ring (bicyclic) bond motifs is 4. The third-order valence-corrected chi connectivity index (χ3v) is 7.18. The molecule has 29 heavy (non-hydrogen) atoms. The molecule has 1 aromatic heterocycles. The van der Waals surface area contributed by atoms with Crippen molar-refractivity contribution in [2.24, 2.45) is 0 Å². The van der Waals surface area contributed by atoms with Gasteiger partial charge in [0, 0.05) is 34.8 Å². The maximum atomic E-state index is 13.3. The average molecular weight is 418 g/mol. The summed E-state index contributed by atoms with van der Waals surface area (Å²) in [6.07, 6.45) is 0. The Labute approximate surface area is 177 Å². The lowest BCUT2D eigenvalue weighted by Gasteiger charge is -2.40. The summed E-state index contributed by atoms with van der Waals surface area (Å²) in [5.41, 5.74) is 3.07. The van der Waals surface area contributed by atoms with Crippen LogP contribution in [0.3, 0.4) is 0 Å². The smallest absolute Gasteiger partial charge is 0.256 e. The van der Waals surface area contributed by atoms with E-state index in [-0.39, 0.29) is 5.91 Å². The number of amides is 1. The van der Waals surface area contributed by atoms with Gasteiger partial charge in [0.2, 0.25) is 0 Å². The molecule has 6 rings (SSSR count). The maximum absolute atomic E-state index is 13.3. The van der Waals surface area contributed by atoms with E-state index in [2.05, 4.69) is 17.0 Å². The lowest BCUT2D eigenvalue weighted by atomic mass is 9.90. The van der Waals surface area contributed by atoms with Crippen molar-refractivity contribution >= 4 is 44.2 Å². The van der Waals surface area contributed by atoms with Gasteiger partial charge in [-0.15, -0.1) is 0 Å². The summed E-state index contributed by atoms with van der Waals surface area (Å²) in [5.74, 6) is 0.0687. The summed E-state index contributed by atoms with van der Waals surface area (Å²) >= 11 is 7.86. The molecule has 1 saturated heterocycles. The fraction of sp³-hybridized carbons (Fsp3) is 0.130. The van der Waals surface area contributed by atoms with E-state index >= 15 is 0 Å². The van der Waals surface area contributed by atoms with Gasteiger partial charge < -0.3 is 9.80 Å². The minimum atomic E-state index is -0.702. The standard InChI is InChI=1S/C23H16ClN3OS/c24-16-11-9-15(10-12-16)23-18-6-2-1-5-17(18)21(28)26(23)13-14-27(23)22-25-19-7-3-4-8-20(19)29-22/h1-12H,13-14H2. The average Bonchev–Trinajstić information content (AvgIpc) is 3.41. The van der Waals surface area contributed by atoms with Gasteiger partial charge in [-0.3, -0.25) is 4.79 Å². The third kappa shape index (κ3) is 2.20. The Morgan fingerprint density at radius 3 is 2.45 bits per heavy atom. The summed E-state index contributed by atoms with van der Waals surface area (Å²) in [7, 11) is 0. The monoisotopic (exact) mass is 417 g/mol. The van der Waals surface area contributed by atoms with Crippen molar-refractivity contribution in [2.75, 3.05) is 18.0 Å². The van der Waals surface area contributed by atoms with Gasteiger partial charge in [-0.2, -0.15) is 0 Å². The predicted octanol–water partition coefficient (Wildman–Crippen LogP) is 5.13. The summed E-state index contributed by atoms with van der Waals surface area (Å²) < 4.78 is 1.14. The van der Waals surface area contributed by atoms with Crippen LogP contribution in [0.4, 0.5) is 5.13 Å². The zero-order valence-electron chi connectivity index (χ0n) is 15.4. The molecule has 1 fully saturated rings. The molecule has 1 unspecified atom stereocenters. The number of benzene rings is 3. The first kappa shape index (κ1) is 17.0. The summed E-state index contributed by atoms with van der Waals surface area (Å²) in [4.78, 5) is 22.5. The molecule has 0 saturated carbocycles. The van der Waals surface area contributed by atoms with Crippen molar-refractivity contribution < 1.29 is 4.79 Å². The lowest BCUT2D eigenvalue weighted by Crippen LogP contribution is -2.49. The van der Waals surface area contributed by atoms with E-state index in [1.807, 2.05) is 65.6 Å². The fourth-order valence-corrected chi connectivity index (χ4v) is 5.85. The van der Waals surface area contributed by atoms with Gasteiger partial charge >= 0.3 is 0 Å². The molecule has 0 N–H and O–H groups in total. The van der Waals surface area contributed by atoms with Gasteiger partial charge in [0.25, 0.3) is 5.91 Å². The Balaban J connectivity index is 1.64. The van der Waals surface area contributed by atoms with E-state index < -0.39 is 5.66 Å². The van der Waals surface area contributed by atoms with E-state index in [0.717, 1.165) is 38.6 Å². The molecule has 2 aliphatic heterocycles. The number of anilines is 1. The van der Waals surface area contributed by atoms with Crippen LogP contribution in [-0.4, -0.2) is 28.9 Å². The van der Waals surface area contributed by atoms with Crippen LogP contribution in [0, 0.1) is 0 Å². The first-order valence-electron chi connectivity index (χ1n) is 9.50. The SMILES string of the molecule is O=C1c2ccccc2C2(c3ccc(Cl)cc3)N1CCN2c1nc2ccccc2s1. The molecule has 4 nitrogen and oxygen atoms in total. The van der Waals surface area contributed by atoms with Gasteiger partial charge in [0.15, 0.2) is 10.8 Å². The number of thiazole rings is 1. The Bertz CT molecular complexity index is 1240. The van der Waals surface area contributed by atoms with Crippen LogP contribution >= 0.6 is 22.9 Å². The minimum absolute atomic E-state index is 0.0687. The highest BCUT2D eigenvalue weighted by Crippen LogP contribution is 2.52. The number of hydrogen-bond donors (Lipinski definition) is 0. The van der Waals surface area contributed by atoms with Crippen molar-refractivity contribution in [3.63, 3.8) is 0 Å². The van der Waals surface area contributed by atoms with Crippen molar-refractivity contribution in [3.8, 4) is 0 Å². The number of carbonyl (C=O) groups is 1. The molecule has 1 atom stereocenters. The number of halogens is 1. The molecule has 3 heterocycles. The number of para-hydroxylation sites is 1. The quantitative estimate of drug-likeness (QED) is 0.454. The van der Waals surface area contributed by atoms with E-state index in [9.17, 15) is 4.79 Å². The third-order valence-electron chi connectivity index (χ3n) is 5.87. The Hall–Kier alpha value is -2.89. The Morgan fingerprint density at radius 1 is 0.897 bits per heavy atom. The van der Waals surface area contributed by atoms with Gasteiger partial charge in [-0.25, -0.2) is 4.98 Å². The molecule has 4 aromatic rings.